The van der Waals surface area contributed by atoms with Gasteiger partial charge in [0, 0.05) is 19.8 Å². The van der Waals surface area contributed by atoms with Crippen molar-refractivity contribution in [3.05, 3.63) is 18.0 Å². The van der Waals surface area contributed by atoms with Gasteiger partial charge in [-0.2, -0.15) is 5.10 Å². The lowest BCUT2D eigenvalue weighted by Gasteiger charge is -2.39. The molecule has 1 aromatic rings. The van der Waals surface area contributed by atoms with Crippen LogP contribution in [0.2, 0.25) is 0 Å². The molecule has 0 amide bonds. The molecule has 0 spiro atoms. The molecule has 1 aliphatic carbocycles. The Bertz CT molecular complexity index is 363. The van der Waals surface area contributed by atoms with Crippen molar-refractivity contribution in [2.45, 2.75) is 44.8 Å². The van der Waals surface area contributed by atoms with Gasteiger partial charge in [-0.05, 0) is 24.8 Å². The highest BCUT2D eigenvalue weighted by Crippen LogP contribution is 2.34. The van der Waals surface area contributed by atoms with Crippen molar-refractivity contribution in [3.63, 3.8) is 0 Å². The zero-order valence-corrected chi connectivity index (χ0v) is 10.9. The maximum absolute atomic E-state index is 6.09. The van der Waals surface area contributed by atoms with Gasteiger partial charge in [0.05, 0.1) is 17.9 Å². The summed E-state index contributed by atoms with van der Waals surface area (Å²) in [6, 6.07) is 2.00. The van der Waals surface area contributed by atoms with Crippen LogP contribution in [0, 0.1) is 5.92 Å². The van der Waals surface area contributed by atoms with Crippen molar-refractivity contribution < 1.29 is 4.74 Å². The molecule has 0 saturated heterocycles. The van der Waals surface area contributed by atoms with Crippen LogP contribution in [0.25, 0.3) is 0 Å². The number of aromatic nitrogens is 2. The van der Waals surface area contributed by atoms with E-state index in [2.05, 4.69) is 12.0 Å². The Morgan fingerprint density at radius 2 is 2.47 bits per heavy atom. The third kappa shape index (κ3) is 3.07. The Morgan fingerprint density at radius 1 is 1.65 bits per heavy atom. The van der Waals surface area contributed by atoms with Gasteiger partial charge >= 0.3 is 0 Å². The van der Waals surface area contributed by atoms with Gasteiger partial charge in [0.15, 0.2) is 0 Å². The van der Waals surface area contributed by atoms with Crippen LogP contribution in [0.3, 0.4) is 0 Å². The van der Waals surface area contributed by atoms with Crippen LogP contribution in [-0.4, -0.2) is 21.9 Å². The van der Waals surface area contributed by atoms with Gasteiger partial charge in [-0.3, -0.25) is 4.68 Å². The summed E-state index contributed by atoms with van der Waals surface area (Å²) in [5.74, 6) is 0.719. The molecule has 96 valence electrons. The largest absolute Gasteiger partial charge is 0.367 e. The fourth-order valence-corrected chi connectivity index (χ4v) is 2.75. The van der Waals surface area contributed by atoms with E-state index in [1.807, 2.05) is 19.3 Å². The Labute approximate surface area is 103 Å². The Balaban J connectivity index is 1.94. The maximum atomic E-state index is 6.09. The number of ether oxygens (including phenoxy) is 1. The molecular weight excluding hydrogens is 214 g/mol. The molecule has 0 bridgehead atoms. The van der Waals surface area contributed by atoms with Gasteiger partial charge in [-0.15, -0.1) is 0 Å². The average molecular weight is 237 g/mol. The van der Waals surface area contributed by atoms with Crippen LogP contribution < -0.4 is 5.73 Å². The van der Waals surface area contributed by atoms with E-state index >= 15 is 0 Å². The molecule has 4 nitrogen and oxygen atoms in total. The molecule has 1 saturated carbocycles. The van der Waals surface area contributed by atoms with E-state index in [1.165, 1.54) is 12.8 Å². The summed E-state index contributed by atoms with van der Waals surface area (Å²) in [7, 11) is 1.92. The second-order valence-corrected chi connectivity index (χ2v) is 5.36. The average Bonchev–Trinajstić information content (AvgIpc) is 2.73. The van der Waals surface area contributed by atoms with Gasteiger partial charge in [0.25, 0.3) is 0 Å². The first-order chi connectivity index (χ1) is 8.13. The number of rotatable bonds is 4. The van der Waals surface area contributed by atoms with E-state index in [0.29, 0.717) is 13.2 Å². The van der Waals surface area contributed by atoms with E-state index in [0.717, 1.165) is 24.5 Å². The minimum atomic E-state index is -0.116. The number of aryl methyl sites for hydroxylation is 1. The van der Waals surface area contributed by atoms with Crippen LogP contribution >= 0.6 is 0 Å². The molecule has 1 fully saturated rings. The lowest BCUT2D eigenvalue weighted by Crippen LogP contribution is -2.44. The summed E-state index contributed by atoms with van der Waals surface area (Å²) in [5.41, 5.74) is 6.79. The number of hydrogen-bond donors (Lipinski definition) is 1. The Hall–Kier alpha value is -0.870. The zero-order valence-electron chi connectivity index (χ0n) is 10.9. The summed E-state index contributed by atoms with van der Waals surface area (Å²) in [4.78, 5) is 0. The highest BCUT2D eigenvalue weighted by atomic mass is 16.5. The van der Waals surface area contributed by atoms with Crippen molar-refractivity contribution in [1.82, 2.24) is 9.78 Å². The molecule has 2 atom stereocenters. The van der Waals surface area contributed by atoms with Crippen molar-refractivity contribution in [2.24, 2.45) is 18.7 Å². The number of nitrogens with zero attached hydrogens (tertiary/aromatic N) is 2. The highest BCUT2D eigenvalue weighted by Gasteiger charge is 2.34. The first kappa shape index (κ1) is 12.6. The fourth-order valence-electron chi connectivity index (χ4n) is 2.75. The van der Waals surface area contributed by atoms with E-state index in [1.54, 1.807) is 4.68 Å². The monoisotopic (exact) mass is 237 g/mol. The van der Waals surface area contributed by atoms with E-state index in [9.17, 15) is 0 Å². The van der Waals surface area contributed by atoms with E-state index in [4.69, 9.17) is 10.5 Å². The topological polar surface area (TPSA) is 53.1 Å². The first-order valence-electron chi connectivity index (χ1n) is 6.46. The molecule has 1 aromatic heterocycles. The van der Waals surface area contributed by atoms with Crippen LogP contribution in [-0.2, 0) is 18.4 Å². The van der Waals surface area contributed by atoms with Crippen molar-refractivity contribution in [3.8, 4) is 0 Å². The second-order valence-electron chi connectivity index (χ2n) is 5.36. The summed E-state index contributed by atoms with van der Waals surface area (Å²) >= 11 is 0. The summed E-state index contributed by atoms with van der Waals surface area (Å²) in [6.45, 7) is 3.47. The highest BCUT2D eigenvalue weighted by molar-refractivity contribution is 4.98. The number of hydrogen-bond acceptors (Lipinski definition) is 3. The van der Waals surface area contributed by atoms with Gasteiger partial charge in [-0.25, -0.2) is 0 Å². The normalized spacial score (nSPS) is 29.5. The summed E-state index contributed by atoms with van der Waals surface area (Å²) in [5, 5.41) is 4.33. The quantitative estimate of drug-likeness (QED) is 0.869. The van der Waals surface area contributed by atoms with Gasteiger partial charge in [0.2, 0.25) is 0 Å². The molecule has 1 aliphatic rings. The van der Waals surface area contributed by atoms with Crippen molar-refractivity contribution >= 4 is 0 Å². The summed E-state index contributed by atoms with van der Waals surface area (Å²) < 4.78 is 7.89. The van der Waals surface area contributed by atoms with Gasteiger partial charge < -0.3 is 10.5 Å². The van der Waals surface area contributed by atoms with Crippen LogP contribution in [0.5, 0.6) is 0 Å². The fraction of sp³-hybridized carbons (Fsp3) is 0.769. The Morgan fingerprint density at radius 3 is 3.06 bits per heavy atom. The van der Waals surface area contributed by atoms with E-state index in [-0.39, 0.29) is 5.60 Å². The lowest BCUT2D eigenvalue weighted by atomic mass is 9.79. The molecule has 2 N–H and O–H groups in total. The first-order valence-corrected chi connectivity index (χ1v) is 6.46. The standard InChI is InChI=1S/C13H23N3O/c1-11-4-3-6-13(8-11,10-14)17-9-12-5-7-16(2)15-12/h5,7,11H,3-4,6,8-10,14H2,1-2H3. The zero-order chi connectivity index (χ0) is 12.3. The predicted molar refractivity (Wildman–Crippen MR) is 67.4 cm³/mol. The molecule has 17 heavy (non-hydrogen) atoms. The van der Waals surface area contributed by atoms with Crippen LogP contribution in [0.15, 0.2) is 12.3 Å². The third-order valence-corrected chi connectivity index (χ3v) is 3.72. The molecule has 0 aliphatic heterocycles. The molecule has 1 heterocycles. The predicted octanol–water partition coefficient (Wildman–Crippen LogP) is 1.84. The van der Waals surface area contributed by atoms with Crippen LogP contribution in [0.1, 0.15) is 38.3 Å². The van der Waals surface area contributed by atoms with Crippen molar-refractivity contribution in [2.75, 3.05) is 6.54 Å². The SMILES string of the molecule is CC1CCCC(CN)(OCc2ccn(C)n2)C1. The molecular formula is C13H23N3O. The van der Waals surface area contributed by atoms with E-state index < -0.39 is 0 Å². The van der Waals surface area contributed by atoms with Crippen molar-refractivity contribution in [1.29, 1.82) is 0 Å². The second kappa shape index (κ2) is 5.19. The molecule has 0 radical (unpaired) electrons. The van der Waals surface area contributed by atoms with Gasteiger partial charge in [0.1, 0.15) is 0 Å². The number of nitrogens with two attached hydrogens (primary N) is 1. The molecule has 2 rings (SSSR count). The molecule has 4 heteroatoms. The lowest BCUT2D eigenvalue weighted by molar-refractivity contribution is -0.0851. The third-order valence-electron chi connectivity index (χ3n) is 3.72. The minimum Gasteiger partial charge on any atom is -0.367 e. The minimum absolute atomic E-state index is 0.116. The smallest absolute Gasteiger partial charge is 0.0914 e. The molecule has 2 unspecified atom stereocenters. The summed E-state index contributed by atoms with van der Waals surface area (Å²) in [6.07, 6.45) is 6.63. The van der Waals surface area contributed by atoms with Gasteiger partial charge in [-0.1, -0.05) is 19.8 Å². The molecule has 0 aromatic carbocycles. The van der Waals surface area contributed by atoms with Crippen LogP contribution in [0.4, 0.5) is 0 Å². The Kier molecular flexibility index (Phi) is 3.84. The maximum Gasteiger partial charge on any atom is 0.0914 e.